The highest BCUT2D eigenvalue weighted by Crippen LogP contribution is 2.08. The monoisotopic (exact) mass is 379 g/mol. The van der Waals surface area contributed by atoms with Crippen LogP contribution in [0.25, 0.3) is 0 Å². The topological polar surface area (TPSA) is 196 Å². The molecule has 0 aromatic heterocycles. The number of carboxylic acid groups (broad SMARTS) is 2. The lowest BCUT2D eigenvalue weighted by molar-refractivity contribution is -0.139. The second-order valence-corrected chi connectivity index (χ2v) is 5.95. The zero-order valence-electron chi connectivity index (χ0n) is 13.3. The molecule has 7 N–H and O–H groups in total. The molecule has 0 aromatic carbocycles. The Morgan fingerprint density at radius 3 is 2.24 bits per heavy atom. The molecule has 0 saturated heterocycles. The average molecular weight is 379 g/mol. The number of hydrogen-bond acceptors (Lipinski definition) is 8. The fraction of sp³-hybridized carbons (Fsp3) is 0.615. The number of nitrogens with two attached hydrogens (primary N) is 1. The largest absolute Gasteiger partial charge is 0.480 e. The van der Waals surface area contributed by atoms with Crippen LogP contribution >= 0.6 is 11.8 Å². The molecule has 0 aliphatic heterocycles. The number of nitrogens with one attached hydrogen (secondary N) is 2. The number of carbonyl (C=O) groups is 5. The average Bonchev–Trinajstić information content (AvgIpc) is 2.54. The molecule has 0 bridgehead atoms. The van der Waals surface area contributed by atoms with E-state index in [0.29, 0.717) is 11.8 Å². The number of carbonyl (C=O) groups excluding carboxylic acids is 3. The van der Waals surface area contributed by atoms with Crippen molar-refractivity contribution in [2.24, 2.45) is 5.73 Å². The molecule has 0 spiro atoms. The molecule has 0 fully saturated rings. The molecule has 0 saturated carbocycles. The molecule has 142 valence electrons. The van der Waals surface area contributed by atoms with Crippen molar-refractivity contribution < 1.29 is 39.3 Å². The summed E-state index contributed by atoms with van der Waals surface area (Å²) in [6.07, 6.45) is -0.539. The van der Waals surface area contributed by atoms with Crippen LogP contribution in [0.15, 0.2) is 0 Å². The van der Waals surface area contributed by atoms with Gasteiger partial charge in [0.2, 0.25) is 11.8 Å². The quantitative estimate of drug-likeness (QED) is 0.211. The second-order valence-electron chi connectivity index (χ2n) is 4.87. The molecule has 0 aromatic rings. The van der Waals surface area contributed by atoms with E-state index in [1.165, 1.54) is 0 Å². The van der Waals surface area contributed by atoms with Gasteiger partial charge in [-0.15, -0.1) is 0 Å². The van der Waals surface area contributed by atoms with Crippen LogP contribution in [0.1, 0.15) is 19.3 Å². The summed E-state index contributed by atoms with van der Waals surface area (Å²) in [4.78, 5) is 56.2. The van der Waals surface area contributed by atoms with Crippen LogP contribution in [0, 0.1) is 0 Å². The fourth-order valence-corrected chi connectivity index (χ4v) is 2.31. The number of aliphatic carboxylic acids is 2. The molecule has 0 heterocycles. The Morgan fingerprint density at radius 1 is 1.08 bits per heavy atom. The second kappa shape index (κ2) is 12.2. The van der Waals surface area contributed by atoms with Crippen molar-refractivity contribution in [2.45, 2.75) is 31.3 Å². The van der Waals surface area contributed by atoms with Crippen LogP contribution in [-0.2, 0) is 24.0 Å². The summed E-state index contributed by atoms with van der Waals surface area (Å²) in [7, 11) is 0. The summed E-state index contributed by atoms with van der Waals surface area (Å²) in [5.41, 5.74) is 5.27. The molecule has 0 radical (unpaired) electrons. The lowest BCUT2D eigenvalue weighted by atomic mass is 10.1. The minimum absolute atomic E-state index is 0.129. The molecule has 25 heavy (non-hydrogen) atoms. The van der Waals surface area contributed by atoms with Gasteiger partial charge in [0.1, 0.15) is 18.6 Å². The van der Waals surface area contributed by atoms with Crippen molar-refractivity contribution in [2.75, 3.05) is 18.9 Å². The van der Waals surface area contributed by atoms with Crippen LogP contribution in [0.5, 0.6) is 0 Å². The van der Waals surface area contributed by atoms with Crippen molar-refractivity contribution in [3.05, 3.63) is 0 Å². The highest BCUT2D eigenvalue weighted by molar-refractivity contribution is 8.13. The third kappa shape index (κ3) is 11.1. The summed E-state index contributed by atoms with van der Waals surface area (Å²) in [5, 5.41) is 29.8. The predicted octanol–water partition coefficient (Wildman–Crippen LogP) is -2.49. The number of aliphatic hydroxyl groups is 1. The van der Waals surface area contributed by atoms with Crippen molar-refractivity contribution >= 4 is 40.6 Å². The van der Waals surface area contributed by atoms with Gasteiger partial charge >= 0.3 is 11.9 Å². The molecule has 0 aliphatic rings. The van der Waals surface area contributed by atoms with Gasteiger partial charge in [0.25, 0.3) is 0 Å². The van der Waals surface area contributed by atoms with E-state index < -0.39 is 47.5 Å². The van der Waals surface area contributed by atoms with Crippen LogP contribution in [0.3, 0.4) is 0 Å². The fourth-order valence-electron chi connectivity index (χ4n) is 1.49. The number of hydrogen-bond donors (Lipinski definition) is 6. The molecule has 12 heteroatoms. The van der Waals surface area contributed by atoms with Crippen LogP contribution in [-0.4, -0.2) is 75.2 Å². The maximum Gasteiger partial charge on any atom is 0.322 e. The molecule has 2 amide bonds. The summed E-state index contributed by atoms with van der Waals surface area (Å²) in [5.74, 6) is -4.19. The molecule has 11 nitrogen and oxygen atoms in total. The minimum atomic E-state index is -1.28. The Balaban J connectivity index is 4.66. The van der Waals surface area contributed by atoms with Gasteiger partial charge in [-0.25, -0.2) is 0 Å². The third-order valence-corrected chi connectivity index (χ3v) is 3.82. The molecule has 0 aliphatic carbocycles. The summed E-state index contributed by atoms with van der Waals surface area (Å²) >= 11 is 0.702. The number of rotatable bonds is 12. The van der Waals surface area contributed by atoms with E-state index in [9.17, 15) is 24.0 Å². The first kappa shape index (κ1) is 22.8. The Morgan fingerprint density at radius 2 is 1.72 bits per heavy atom. The van der Waals surface area contributed by atoms with E-state index in [4.69, 9.17) is 21.1 Å². The van der Waals surface area contributed by atoms with Crippen molar-refractivity contribution in [1.29, 1.82) is 0 Å². The minimum Gasteiger partial charge on any atom is -0.480 e. The Labute approximate surface area is 147 Å². The molecule has 0 rings (SSSR count). The highest BCUT2D eigenvalue weighted by Gasteiger charge is 2.23. The van der Waals surface area contributed by atoms with E-state index in [0.717, 1.165) is 0 Å². The van der Waals surface area contributed by atoms with E-state index in [1.807, 2.05) is 0 Å². The third-order valence-electron chi connectivity index (χ3n) is 2.79. The number of aliphatic hydroxyl groups excluding tert-OH is 1. The number of amides is 2. The predicted molar refractivity (Wildman–Crippen MR) is 86.6 cm³/mol. The molecule has 2 atom stereocenters. The smallest absolute Gasteiger partial charge is 0.322 e. The number of carboxylic acids is 2. The normalized spacial score (nSPS) is 12.7. The van der Waals surface area contributed by atoms with E-state index in [1.54, 1.807) is 0 Å². The van der Waals surface area contributed by atoms with Crippen molar-refractivity contribution in [3.63, 3.8) is 0 Å². The highest BCUT2D eigenvalue weighted by atomic mass is 32.2. The number of thioether (sulfide) groups is 1. The van der Waals surface area contributed by atoms with Crippen molar-refractivity contribution in [3.8, 4) is 0 Å². The van der Waals surface area contributed by atoms with E-state index in [-0.39, 0.29) is 31.6 Å². The van der Waals surface area contributed by atoms with Gasteiger partial charge in [0, 0.05) is 18.6 Å². The Bertz CT molecular complexity index is 514. The van der Waals surface area contributed by atoms with Crippen LogP contribution < -0.4 is 16.4 Å². The standard InChI is InChI=1S/C13H21N3O8S/c14-7(13(23)24)1-2-9(18)16-8(6-25-11(21)3-4-17)12(22)15-5-10(19)20/h7-8,17H,1-6,14H2,(H,15,22)(H,16,18)(H,19,20)(H,23,24). The first-order chi connectivity index (χ1) is 11.7. The zero-order valence-corrected chi connectivity index (χ0v) is 14.1. The maximum atomic E-state index is 11.9. The maximum absolute atomic E-state index is 11.9. The molecular weight excluding hydrogens is 358 g/mol. The Hall–Kier alpha value is -2.18. The molecular formula is C13H21N3O8S. The van der Waals surface area contributed by atoms with Gasteiger partial charge in [-0.2, -0.15) is 0 Å². The van der Waals surface area contributed by atoms with Gasteiger partial charge in [-0.05, 0) is 6.42 Å². The van der Waals surface area contributed by atoms with Gasteiger partial charge in [0.05, 0.1) is 6.61 Å². The van der Waals surface area contributed by atoms with Crippen molar-refractivity contribution in [1.82, 2.24) is 10.6 Å². The lowest BCUT2D eigenvalue weighted by Gasteiger charge is -2.17. The summed E-state index contributed by atoms with van der Waals surface area (Å²) < 4.78 is 0. The summed E-state index contributed by atoms with van der Waals surface area (Å²) in [6.45, 7) is -1.02. The summed E-state index contributed by atoms with van der Waals surface area (Å²) in [6, 6.07) is -2.42. The zero-order chi connectivity index (χ0) is 19.4. The van der Waals surface area contributed by atoms with Gasteiger partial charge < -0.3 is 31.7 Å². The van der Waals surface area contributed by atoms with Gasteiger partial charge in [-0.1, -0.05) is 11.8 Å². The SMILES string of the molecule is NC(CCC(=O)NC(CSC(=O)CCO)C(=O)NCC(=O)O)C(=O)O. The molecule has 2 unspecified atom stereocenters. The van der Waals surface area contributed by atoms with Gasteiger partial charge in [-0.3, -0.25) is 24.0 Å². The first-order valence-corrected chi connectivity index (χ1v) is 8.19. The van der Waals surface area contributed by atoms with E-state index in [2.05, 4.69) is 10.6 Å². The van der Waals surface area contributed by atoms with Crippen LogP contribution in [0.4, 0.5) is 0 Å². The van der Waals surface area contributed by atoms with E-state index >= 15 is 0 Å². The van der Waals surface area contributed by atoms with Gasteiger partial charge in [0.15, 0.2) is 5.12 Å². The Kier molecular flexibility index (Phi) is 11.2. The van der Waals surface area contributed by atoms with Crippen LogP contribution in [0.2, 0.25) is 0 Å². The first-order valence-electron chi connectivity index (χ1n) is 7.21. The lowest BCUT2D eigenvalue weighted by Crippen LogP contribution is -2.49.